The molecule has 0 radical (unpaired) electrons. The summed E-state index contributed by atoms with van der Waals surface area (Å²) in [5.74, 6) is 0.379. The molecule has 0 saturated carbocycles. The van der Waals surface area contributed by atoms with Crippen LogP contribution in [0, 0.1) is 11.5 Å². The monoisotopic (exact) mass is 291 g/mol. The van der Waals surface area contributed by atoms with Crippen molar-refractivity contribution in [3.63, 3.8) is 0 Å². The van der Waals surface area contributed by atoms with Gasteiger partial charge >= 0.3 is 6.18 Å². The van der Waals surface area contributed by atoms with Gasteiger partial charge in [-0.3, -0.25) is 0 Å². The van der Waals surface area contributed by atoms with Gasteiger partial charge in [0, 0.05) is 5.92 Å². The van der Waals surface area contributed by atoms with E-state index in [-0.39, 0.29) is 5.92 Å². The van der Waals surface area contributed by atoms with Gasteiger partial charge in [0.25, 0.3) is 6.26 Å². The molecule has 0 spiro atoms. The summed E-state index contributed by atoms with van der Waals surface area (Å²) < 4.78 is 42.2. The van der Waals surface area contributed by atoms with Crippen molar-refractivity contribution in [3.05, 3.63) is 65.2 Å². The number of rotatable bonds is 3. The van der Waals surface area contributed by atoms with E-state index in [9.17, 15) is 13.2 Å². The normalized spacial score (nSPS) is 12.5. The molecule has 0 saturated heterocycles. The van der Waals surface area contributed by atoms with Crippen LogP contribution in [0.5, 0.6) is 5.75 Å². The molecule has 0 aromatic heterocycles. The van der Waals surface area contributed by atoms with Crippen molar-refractivity contribution in [2.24, 2.45) is 0 Å². The molecule has 0 aliphatic rings. The summed E-state index contributed by atoms with van der Waals surface area (Å²) in [5, 5.41) is 8.40. The highest BCUT2D eigenvalue weighted by molar-refractivity contribution is 5.37. The Balaban J connectivity index is 2.19. The first-order chi connectivity index (χ1) is 9.91. The average molecular weight is 291 g/mol. The third kappa shape index (κ3) is 3.54. The van der Waals surface area contributed by atoms with Gasteiger partial charge in [-0.05, 0) is 35.4 Å². The smallest absolute Gasteiger partial charge is 0.388 e. The molecule has 0 aliphatic heterocycles. The molecule has 1 unspecified atom stereocenters. The molecule has 2 rings (SSSR count). The fourth-order valence-electron chi connectivity index (χ4n) is 2.03. The Bertz CT molecular complexity index is 639. The molecule has 0 heterocycles. The molecule has 2 nitrogen and oxygen atoms in total. The lowest BCUT2D eigenvalue weighted by Crippen LogP contribution is -2.05. The topological polar surface area (TPSA) is 33.0 Å². The van der Waals surface area contributed by atoms with Crippen molar-refractivity contribution in [2.45, 2.75) is 19.0 Å². The Morgan fingerprint density at radius 1 is 0.952 bits per heavy atom. The van der Waals surface area contributed by atoms with Gasteiger partial charge in [0.05, 0.1) is 5.56 Å². The Kier molecular flexibility index (Phi) is 4.18. The highest BCUT2D eigenvalue weighted by atomic mass is 19.4. The summed E-state index contributed by atoms with van der Waals surface area (Å²) in [7, 11) is 0. The zero-order valence-electron chi connectivity index (χ0n) is 11.2. The van der Waals surface area contributed by atoms with Crippen LogP contribution in [0.15, 0.2) is 48.5 Å². The second kappa shape index (κ2) is 5.88. The van der Waals surface area contributed by atoms with Gasteiger partial charge in [0.2, 0.25) is 0 Å². The zero-order chi connectivity index (χ0) is 15.5. The number of halogens is 3. The molecule has 108 valence electrons. The molecular formula is C16H12F3NO. The average Bonchev–Trinajstić information content (AvgIpc) is 2.47. The minimum Gasteiger partial charge on any atom is -0.388 e. The van der Waals surface area contributed by atoms with Crippen LogP contribution in [-0.2, 0) is 6.18 Å². The number of hydrogen-bond acceptors (Lipinski definition) is 2. The summed E-state index contributed by atoms with van der Waals surface area (Å²) in [5.41, 5.74) is 1.06. The predicted molar refractivity (Wildman–Crippen MR) is 71.6 cm³/mol. The predicted octanol–water partition coefficient (Wildman–Crippen LogP) is 4.72. The molecule has 21 heavy (non-hydrogen) atoms. The van der Waals surface area contributed by atoms with Crippen LogP contribution in [0.1, 0.15) is 29.5 Å². The zero-order valence-corrected chi connectivity index (χ0v) is 11.2. The first kappa shape index (κ1) is 14.9. The van der Waals surface area contributed by atoms with Gasteiger partial charge in [0.15, 0.2) is 0 Å². The SMILES string of the molecule is CC(c1ccc(OC#N)cc1)c1ccc(C(F)(F)F)cc1. The summed E-state index contributed by atoms with van der Waals surface area (Å²) in [6.07, 6.45) is -2.74. The number of ether oxygens (including phenoxy) is 1. The van der Waals surface area contributed by atoms with Crippen LogP contribution in [0.4, 0.5) is 13.2 Å². The van der Waals surface area contributed by atoms with E-state index in [1.807, 2.05) is 6.92 Å². The van der Waals surface area contributed by atoms with E-state index in [1.54, 1.807) is 30.5 Å². The fraction of sp³-hybridized carbons (Fsp3) is 0.188. The fourth-order valence-corrected chi connectivity index (χ4v) is 2.03. The van der Waals surface area contributed by atoms with E-state index >= 15 is 0 Å². The summed E-state index contributed by atoms with van der Waals surface area (Å²) in [6.45, 7) is 1.91. The lowest BCUT2D eigenvalue weighted by atomic mass is 9.92. The molecule has 0 bridgehead atoms. The molecule has 1 atom stereocenters. The Labute approximate surface area is 120 Å². The van der Waals surface area contributed by atoms with Gasteiger partial charge in [-0.2, -0.15) is 13.2 Å². The van der Waals surface area contributed by atoms with Crippen LogP contribution in [0.2, 0.25) is 0 Å². The largest absolute Gasteiger partial charge is 0.416 e. The van der Waals surface area contributed by atoms with Gasteiger partial charge in [0.1, 0.15) is 5.75 Å². The van der Waals surface area contributed by atoms with Crippen molar-refractivity contribution < 1.29 is 17.9 Å². The van der Waals surface area contributed by atoms with Crippen molar-refractivity contribution in [1.29, 1.82) is 5.26 Å². The molecule has 0 fully saturated rings. The summed E-state index contributed by atoms with van der Waals surface area (Å²) in [4.78, 5) is 0. The molecule has 2 aromatic rings. The number of nitrogens with zero attached hydrogens (tertiary/aromatic N) is 1. The van der Waals surface area contributed by atoms with Gasteiger partial charge < -0.3 is 4.74 Å². The summed E-state index contributed by atoms with van der Waals surface area (Å²) in [6, 6.07) is 12.0. The Morgan fingerprint density at radius 2 is 1.43 bits per heavy atom. The first-order valence-corrected chi connectivity index (χ1v) is 6.25. The van der Waals surface area contributed by atoms with Crippen molar-refractivity contribution in [1.82, 2.24) is 0 Å². The maximum absolute atomic E-state index is 12.5. The molecule has 0 amide bonds. The minimum atomic E-state index is -4.32. The van der Waals surface area contributed by atoms with Crippen molar-refractivity contribution in [2.75, 3.05) is 0 Å². The third-order valence-corrected chi connectivity index (χ3v) is 3.28. The minimum absolute atomic E-state index is 0.0524. The standard InChI is InChI=1S/C16H12F3NO/c1-11(13-4-8-15(9-5-13)21-10-20)12-2-6-14(7-3-12)16(17,18)19/h2-9,11H,1H3. The number of hydrogen-bond donors (Lipinski definition) is 0. The second-order valence-electron chi connectivity index (χ2n) is 4.60. The lowest BCUT2D eigenvalue weighted by Gasteiger charge is -2.14. The summed E-state index contributed by atoms with van der Waals surface area (Å²) >= 11 is 0. The Morgan fingerprint density at radius 3 is 1.86 bits per heavy atom. The third-order valence-electron chi connectivity index (χ3n) is 3.28. The van der Waals surface area contributed by atoms with E-state index in [2.05, 4.69) is 4.74 Å². The molecular weight excluding hydrogens is 279 g/mol. The highest BCUT2D eigenvalue weighted by Gasteiger charge is 2.30. The maximum Gasteiger partial charge on any atom is 0.416 e. The highest BCUT2D eigenvalue weighted by Crippen LogP contribution is 2.31. The molecule has 2 aromatic carbocycles. The molecule has 0 N–H and O–H groups in total. The number of alkyl halides is 3. The van der Waals surface area contributed by atoms with Gasteiger partial charge in [-0.1, -0.05) is 31.2 Å². The van der Waals surface area contributed by atoms with Crippen LogP contribution >= 0.6 is 0 Å². The van der Waals surface area contributed by atoms with E-state index in [1.165, 1.54) is 12.1 Å². The van der Waals surface area contributed by atoms with Crippen molar-refractivity contribution in [3.8, 4) is 12.0 Å². The lowest BCUT2D eigenvalue weighted by molar-refractivity contribution is -0.137. The van der Waals surface area contributed by atoms with Crippen LogP contribution < -0.4 is 4.74 Å². The van der Waals surface area contributed by atoms with Crippen LogP contribution in [-0.4, -0.2) is 0 Å². The van der Waals surface area contributed by atoms with Crippen molar-refractivity contribution >= 4 is 0 Å². The van der Waals surface area contributed by atoms with E-state index in [4.69, 9.17) is 5.26 Å². The molecule has 5 heteroatoms. The number of benzene rings is 2. The quantitative estimate of drug-likeness (QED) is 0.767. The van der Waals surface area contributed by atoms with Crippen LogP contribution in [0.3, 0.4) is 0 Å². The maximum atomic E-state index is 12.5. The van der Waals surface area contributed by atoms with Gasteiger partial charge in [-0.15, -0.1) is 5.26 Å². The Hall–Kier alpha value is -2.48. The number of nitriles is 1. The van der Waals surface area contributed by atoms with Gasteiger partial charge in [-0.25, -0.2) is 0 Å². The van der Waals surface area contributed by atoms with E-state index in [0.29, 0.717) is 5.75 Å². The molecule has 0 aliphatic carbocycles. The second-order valence-corrected chi connectivity index (χ2v) is 4.60. The van der Waals surface area contributed by atoms with Crippen LogP contribution in [0.25, 0.3) is 0 Å². The van der Waals surface area contributed by atoms with E-state index in [0.717, 1.165) is 23.3 Å². The first-order valence-electron chi connectivity index (χ1n) is 6.25. The van der Waals surface area contributed by atoms with E-state index < -0.39 is 11.7 Å².